The summed E-state index contributed by atoms with van der Waals surface area (Å²) in [7, 11) is 0. The molecule has 0 heterocycles. The second kappa shape index (κ2) is 1.58. The van der Waals surface area contributed by atoms with E-state index in [2.05, 4.69) is 24.7 Å². The highest BCUT2D eigenvalue weighted by Crippen LogP contribution is 1.71. The summed E-state index contributed by atoms with van der Waals surface area (Å²) >= 11 is 0. The molecule has 5 heavy (non-hydrogen) atoms. The molecule has 0 aliphatic heterocycles. The molecule has 0 saturated carbocycles. The first-order valence-corrected chi connectivity index (χ1v) is 1.20. The molecule has 0 atom stereocenters. The van der Waals surface area contributed by atoms with Gasteiger partial charge in [0.15, 0.2) is 5.76 Å². The Morgan fingerprint density at radius 2 is 2.00 bits per heavy atom. The van der Waals surface area contributed by atoms with Crippen molar-refractivity contribution in [3.05, 3.63) is 19.3 Å². The van der Waals surface area contributed by atoms with Crippen LogP contribution in [-0.2, 0) is 4.42 Å². The Kier molecular flexibility index (Phi) is 1.36. The molecule has 0 aromatic rings. The molecule has 0 aromatic carbocycles. The van der Waals surface area contributed by atoms with Crippen molar-refractivity contribution in [2.45, 2.75) is 0 Å². The summed E-state index contributed by atoms with van der Waals surface area (Å²) in [5.41, 5.74) is 0. The third kappa shape index (κ3) is 3.28. The maximum Gasteiger partial charge on any atom is 0.278 e. The minimum atomic E-state index is 0.394. The van der Waals surface area contributed by atoms with Crippen LogP contribution in [0.15, 0.2) is 12.3 Å². The summed E-state index contributed by atoms with van der Waals surface area (Å²) in [6.45, 7) is 9.58. The molecule has 0 saturated heterocycles. The predicted molar refractivity (Wildman–Crippen MR) is 21.6 cm³/mol. The zero-order valence-electron chi connectivity index (χ0n) is 3.03. The van der Waals surface area contributed by atoms with Crippen LogP contribution in [-0.4, -0.2) is 6.79 Å². The molecule has 0 aliphatic rings. The highest BCUT2D eigenvalue weighted by molar-refractivity contribution is 5.14. The maximum atomic E-state index is 4.19. The number of rotatable bonds is 1. The largest absolute Gasteiger partial charge is 0.278 e. The fourth-order valence-corrected chi connectivity index (χ4v) is 0. The Labute approximate surface area is 31.6 Å². The molecule has 0 unspecified atom stereocenters. The first-order valence-electron chi connectivity index (χ1n) is 1.20. The van der Waals surface area contributed by atoms with Gasteiger partial charge in [-0.25, -0.2) is 0 Å². The van der Waals surface area contributed by atoms with Crippen molar-refractivity contribution < 1.29 is 4.42 Å². The molecule has 1 heteroatoms. The molecule has 0 fully saturated rings. The van der Waals surface area contributed by atoms with Crippen molar-refractivity contribution in [3.63, 3.8) is 0 Å². The van der Waals surface area contributed by atoms with Crippen LogP contribution in [0, 0.1) is 6.92 Å². The van der Waals surface area contributed by atoms with Gasteiger partial charge in [-0.1, -0.05) is 0 Å². The minimum absolute atomic E-state index is 0.394. The number of carbonyl (C=O) groups excluding carboxylic acids is 1. The lowest BCUT2D eigenvalue weighted by atomic mass is 10.7. The van der Waals surface area contributed by atoms with Crippen molar-refractivity contribution in [2.24, 2.45) is 0 Å². The van der Waals surface area contributed by atoms with Crippen LogP contribution in [0.4, 0.5) is 0 Å². The number of hydrogen-bond donors (Lipinski definition) is 0. The van der Waals surface area contributed by atoms with Gasteiger partial charge >= 0.3 is 0 Å². The maximum absolute atomic E-state index is 4.19. The molecule has 0 radical (unpaired) electrons. The quantitative estimate of drug-likeness (QED) is 0.244. The lowest BCUT2D eigenvalue weighted by Crippen LogP contribution is -1.62. The number of hydrogen-bond acceptors (Lipinski definition) is 0. The Bertz CT molecular complexity index is 54.7. The lowest BCUT2D eigenvalue weighted by Gasteiger charge is -1.67. The van der Waals surface area contributed by atoms with E-state index in [-0.39, 0.29) is 0 Å². The zero-order chi connectivity index (χ0) is 4.28. The van der Waals surface area contributed by atoms with Crippen LogP contribution in [0.25, 0.3) is 0 Å². The second-order valence-corrected chi connectivity index (χ2v) is 0.683. The van der Waals surface area contributed by atoms with Crippen molar-refractivity contribution in [1.29, 1.82) is 0 Å². The first kappa shape index (κ1) is 4.28. The standard InChI is InChI=1S/C4H6O/c1-4(2)5-3/h1-3H2. The molecule has 28 valence electrons. The Morgan fingerprint density at radius 1 is 1.80 bits per heavy atom. The summed E-state index contributed by atoms with van der Waals surface area (Å²) in [5, 5.41) is 0. The van der Waals surface area contributed by atoms with Gasteiger partial charge in [0.1, 0.15) is 0 Å². The Morgan fingerprint density at radius 3 is 2.00 bits per heavy atom. The predicted octanol–water partition coefficient (Wildman–Crippen LogP) is 0.699. The lowest BCUT2D eigenvalue weighted by molar-refractivity contribution is -0.379. The van der Waals surface area contributed by atoms with E-state index in [4.69, 9.17) is 0 Å². The molecule has 0 amide bonds. The van der Waals surface area contributed by atoms with E-state index in [1.807, 2.05) is 0 Å². The summed E-state index contributed by atoms with van der Waals surface area (Å²) in [6, 6.07) is 0. The molecule has 0 bridgehead atoms. The summed E-state index contributed by atoms with van der Waals surface area (Å²) in [4.78, 5) is 0. The van der Waals surface area contributed by atoms with Gasteiger partial charge in [-0.3, -0.25) is 4.42 Å². The van der Waals surface area contributed by atoms with E-state index >= 15 is 0 Å². The van der Waals surface area contributed by atoms with Gasteiger partial charge < -0.3 is 0 Å². The van der Waals surface area contributed by atoms with Gasteiger partial charge in [0.05, 0.1) is 0 Å². The molecule has 0 spiro atoms. The van der Waals surface area contributed by atoms with Crippen molar-refractivity contribution in [3.8, 4) is 0 Å². The molecule has 0 N–H and O–H groups in total. The zero-order valence-corrected chi connectivity index (χ0v) is 3.03. The first-order chi connectivity index (χ1) is 2.27. The topological polar surface area (TPSA) is 11.3 Å². The smallest absolute Gasteiger partial charge is 0.265 e. The van der Waals surface area contributed by atoms with Gasteiger partial charge in [-0.05, 0) is 0 Å². The van der Waals surface area contributed by atoms with Crippen LogP contribution in [0.1, 0.15) is 0 Å². The Balaban J connectivity index is 3.20. The fraction of sp³-hybridized carbons (Fsp3) is 0. The van der Waals surface area contributed by atoms with Crippen LogP contribution >= 0.6 is 0 Å². The summed E-state index contributed by atoms with van der Waals surface area (Å²) in [6.07, 6.45) is 0. The van der Waals surface area contributed by atoms with Crippen LogP contribution in [0.5, 0.6) is 0 Å². The molecule has 0 rings (SSSR count). The van der Waals surface area contributed by atoms with Gasteiger partial charge in [-0.15, -0.1) is 13.5 Å². The molecular formula is C4H6O. The average molecular weight is 70.1 g/mol. The van der Waals surface area contributed by atoms with Crippen LogP contribution < -0.4 is 0 Å². The highest BCUT2D eigenvalue weighted by atomic mass is 16.4. The molecule has 0 aromatic heterocycles. The van der Waals surface area contributed by atoms with Gasteiger partial charge in [0.2, 0.25) is 0 Å². The van der Waals surface area contributed by atoms with Gasteiger partial charge in [0.25, 0.3) is 6.79 Å². The van der Waals surface area contributed by atoms with E-state index in [0.29, 0.717) is 5.76 Å². The third-order valence-electron chi connectivity index (χ3n) is 0.204. The Hall–Kier alpha value is -0.720. The molecular weight excluding hydrogens is 64.0 g/mol. The average Bonchev–Trinajstić information content (AvgIpc) is 1.38. The van der Waals surface area contributed by atoms with Crippen LogP contribution in [0.2, 0.25) is 0 Å². The monoisotopic (exact) mass is 70.0 g/mol. The summed E-state index contributed by atoms with van der Waals surface area (Å²) < 4.78 is 4.19. The van der Waals surface area contributed by atoms with Gasteiger partial charge in [0, 0.05) is 0 Å². The second-order valence-electron chi connectivity index (χ2n) is 0.683. The highest BCUT2D eigenvalue weighted by Gasteiger charge is 1.66. The van der Waals surface area contributed by atoms with Crippen molar-refractivity contribution in [2.75, 3.05) is 0 Å². The van der Waals surface area contributed by atoms with E-state index in [1.165, 1.54) is 0 Å². The van der Waals surface area contributed by atoms with E-state index in [1.54, 1.807) is 0 Å². The van der Waals surface area contributed by atoms with E-state index in [9.17, 15) is 0 Å². The van der Waals surface area contributed by atoms with Crippen LogP contribution in [0.3, 0.4) is 0 Å². The third-order valence-corrected chi connectivity index (χ3v) is 0.204. The fourth-order valence-electron chi connectivity index (χ4n) is 0. The van der Waals surface area contributed by atoms with Crippen molar-refractivity contribution in [1.82, 2.24) is 0 Å². The molecule has 1 nitrogen and oxygen atoms in total. The molecule has 0 aliphatic carbocycles. The van der Waals surface area contributed by atoms with Crippen molar-refractivity contribution >= 4 is 6.79 Å². The minimum Gasteiger partial charge on any atom is -0.265 e. The normalized spacial score (nSPS) is 6.40. The van der Waals surface area contributed by atoms with E-state index < -0.39 is 0 Å². The summed E-state index contributed by atoms with van der Waals surface area (Å²) in [5.74, 6) is 0.394. The SMILES string of the molecule is C=[O+]C(=C)[CH2-]. The van der Waals surface area contributed by atoms with E-state index in [0.717, 1.165) is 0 Å². The number of allylic oxidation sites excluding steroid dienone is 1. The van der Waals surface area contributed by atoms with Gasteiger partial charge in [-0.2, -0.15) is 0 Å².